The molecule has 1 aliphatic carbocycles. The second-order valence-electron chi connectivity index (χ2n) is 5.69. The maximum absolute atomic E-state index is 12.4. The van der Waals surface area contributed by atoms with E-state index in [4.69, 9.17) is 9.84 Å². The minimum atomic E-state index is -0.900. The summed E-state index contributed by atoms with van der Waals surface area (Å²) in [7, 11) is 0. The van der Waals surface area contributed by atoms with Crippen LogP contribution in [0.2, 0.25) is 0 Å². The van der Waals surface area contributed by atoms with Gasteiger partial charge in [0.1, 0.15) is 0 Å². The molecule has 7 heteroatoms. The summed E-state index contributed by atoms with van der Waals surface area (Å²) in [4.78, 5) is 24.9. The molecule has 3 atom stereocenters. The Morgan fingerprint density at radius 2 is 2.24 bits per heavy atom. The van der Waals surface area contributed by atoms with Crippen LogP contribution in [0.25, 0.3) is 0 Å². The van der Waals surface area contributed by atoms with Crippen LogP contribution in [0.3, 0.4) is 0 Å². The van der Waals surface area contributed by atoms with Gasteiger partial charge in [-0.3, -0.25) is 4.79 Å². The van der Waals surface area contributed by atoms with Gasteiger partial charge in [0.2, 0.25) is 0 Å². The predicted molar refractivity (Wildman–Crippen MR) is 81.7 cm³/mol. The summed E-state index contributed by atoms with van der Waals surface area (Å²) in [6, 6.07) is -0.301. The third-order valence-electron chi connectivity index (χ3n) is 4.19. The minimum absolute atomic E-state index is 0.0640. The first-order valence-electron chi connectivity index (χ1n) is 7.49. The van der Waals surface area contributed by atoms with Gasteiger partial charge in [0.05, 0.1) is 25.7 Å². The Balaban J connectivity index is 1.89. The minimum Gasteiger partial charge on any atom is -0.481 e. The van der Waals surface area contributed by atoms with Crippen molar-refractivity contribution in [2.24, 2.45) is 0 Å². The molecule has 2 amide bonds. The summed E-state index contributed by atoms with van der Waals surface area (Å²) < 4.78 is 5.30. The van der Waals surface area contributed by atoms with Crippen LogP contribution in [0.1, 0.15) is 32.1 Å². The van der Waals surface area contributed by atoms with Gasteiger partial charge in [-0.15, -0.1) is 0 Å². The standard InChI is InChI=1S/C14H24N2O4S/c1-21-12-4-2-3-10(7-12)15-14(19)16-5-6-20-9-11(16)8-13(17)18/h10-12H,2-9H2,1H3,(H,15,19)(H,17,18). The van der Waals surface area contributed by atoms with Crippen LogP contribution >= 0.6 is 11.8 Å². The van der Waals surface area contributed by atoms with Crippen molar-refractivity contribution in [3.63, 3.8) is 0 Å². The molecule has 0 aromatic rings. The molecule has 1 heterocycles. The fourth-order valence-corrected chi connectivity index (χ4v) is 3.87. The van der Waals surface area contributed by atoms with E-state index in [1.54, 1.807) is 4.90 Å². The number of ether oxygens (including phenoxy) is 1. The van der Waals surface area contributed by atoms with Crippen LogP contribution in [0, 0.1) is 0 Å². The lowest BCUT2D eigenvalue weighted by atomic mass is 9.95. The highest BCUT2D eigenvalue weighted by molar-refractivity contribution is 7.99. The molecule has 2 fully saturated rings. The van der Waals surface area contributed by atoms with Gasteiger partial charge in [-0.05, 0) is 25.5 Å². The predicted octanol–water partition coefficient (Wildman–Crippen LogP) is 1.55. The summed E-state index contributed by atoms with van der Waals surface area (Å²) in [6.07, 6.45) is 6.41. The number of amides is 2. The Morgan fingerprint density at radius 1 is 1.43 bits per heavy atom. The maximum Gasteiger partial charge on any atom is 0.318 e. The molecule has 0 aromatic carbocycles. The number of hydrogen-bond donors (Lipinski definition) is 2. The van der Waals surface area contributed by atoms with Crippen LogP contribution in [0.15, 0.2) is 0 Å². The van der Waals surface area contributed by atoms with Crippen molar-refractivity contribution in [1.29, 1.82) is 0 Å². The number of urea groups is 1. The monoisotopic (exact) mass is 316 g/mol. The van der Waals surface area contributed by atoms with E-state index >= 15 is 0 Å². The Kier molecular flexibility index (Phi) is 6.17. The molecule has 1 saturated heterocycles. The van der Waals surface area contributed by atoms with Crippen molar-refractivity contribution in [3.05, 3.63) is 0 Å². The fourth-order valence-electron chi connectivity index (χ4n) is 3.04. The molecule has 1 aliphatic heterocycles. The highest BCUT2D eigenvalue weighted by Gasteiger charge is 2.31. The summed E-state index contributed by atoms with van der Waals surface area (Å²) in [5, 5.41) is 12.6. The van der Waals surface area contributed by atoms with E-state index in [1.807, 2.05) is 11.8 Å². The molecule has 0 radical (unpaired) electrons. The molecule has 0 aromatic heterocycles. The second-order valence-corrected chi connectivity index (χ2v) is 6.83. The van der Waals surface area contributed by atoms with Gasteiger partial charge in [0, 0.05) is 17.8 Å². The van der Waals surface area contributed by atoms with Crippen molar-refractivity contribution < 1.29 is 19.4 Å². The largest absolute Gasteiger partial charge is 0.481 e. The van der Waals surface area contributed by atoms with Crippen molar-refractivity contribution in [1.82, 2.24) is 10.2 Å². The summed E-state index contributed by atoms with van der Waals surface area (Å²) >= 11 is 1.86. The van der Waals surface area contributed by atoms with E-state index < -0.39 is 5.97 Å². The van der Waals surface area contributed by atoms with E-state index in [2.05, 4.69) is 11.6 Å². The number of hydrogen-bond acceptors (Lipinski definition) is 4. The van der Waals surface area contributed by atoms with E-state index in [9.17, 15) is 9.59 Å². The van der Waals surface area contributed by atoms with Gasteiger partial charge in [0.25, 0.3) is 0 Å². The molecule has 0 spiro atoms. The molecule has 21 heavy (non-hydrogen) atoms. The van der Waals surface area contributed by atoms with Crippen LogP contribution in [-0.2, 0) is 9.53 Å². The zero-order valence-electron chi connectivity index (χ0n) is 12.4. The van der Waals surface area contributed by atoms with Gasteiger partial charge < -0.3 is 20.1 Å². The SMILES string of the molecule is CSC1CCCC(NC(=O)N2CCOCC2CC(=O)O)C1. The third kappa shape index (κ3) is 4.78. The van der Waals surface area contributed by atoms with Gasteiger partial charge in [-0.1, -0.05) is 6.42 Å². The zero-order valence-corrected chi connectivity index (χ0v) is 13.2. The smallest absolute Gasteiger partial charge is 0.318 e. The molecule has 0 bridgehead atoms. The lowest BCUT2D eigenvalue weighted by molar-refractivity contribution is -0.139. The molecular weight excluding hydrogens is 292 g/mol. The summed E-state index contributed by atoms with van der Waals surface area (Å²) in [5.41, 5.74) is 0. The number of thioether (sulfide) groups is 1. The lowest BCUT2D eigenvalue weighted by Gasteiger charge is -2.37. The lowest BCUT2D eigenvalue weighted by Crippen LogP contribution is -2.55. The summed E-state index contributed by atoms with van der Waals surface area (Å²) in [6.45, 7) is 1.24. The van der Waals surface area contributed by atoms with Crippen molar-refractivity contribution in [3.8, 4) is 0 Å². The Bertz CT molecular complexity index is 380. The number of carboxylic acid groups (broad SMARTS) is 1. The quantitative estimate of drug-likeness (QED) is 0.822. The second kappa shape index (κ2) is 7.89. The normalized spacial score (nSPS) is 30.0. The fraction of sp³-hybridized carbons (Fsp3) is 0.857. The number of rotatable bonds is 4. The molecule has 2 rings (SSSR count). The van der Waals surface area contributed by atoms with Crippen LogP contribution in [-0.4, -0.2) is 65.4 Å². The molecule has 120 valence electrons. The van der Waals surface area contributed by atoms with Gasteiger partial charge in [0.15, 0.2) is 0 Å². The number of morpholine rings is 1. The van der Waals surface area contributed by atoms with E-state index in [1.165, 1.54) is 6.42 Å². The van der Waals surface area contributed by atoms with Crippen LogP contribution in [0.5, 0.6) is 0 Å². The van der Waals surface area contributed by atoms with Crippen molar-refractivity contribution in [2.75, 3.05) is 26.0 Å². The van der Waals surface area contributed by atoms with Gasteiger partial charge in [-0.25, -0.2) is 4.79 Å². The first kappa shape index (κ1) is 16.4. The Hall–Kier alpha value is -0.950. The molecule has 6 nitrogen and oxygen atoms in total. The molecular formula is C14H24N2O4S. The third-order valence-corrected chi connectivity index (χ3v) is 5.28. The first-order chi connectivity index (χ1) is 10.1. The average molecular weight is 316 g/mol. The number of carbonyl (C=O) groups is 2. The van der Waals surface area contributed by atoms with E-state index in [0.717, 1.165) is 19.3 Å². The van der Waals surface area contributed by atoms with Gasteiger partial charge in [-0.2, -0.15) is 11.8 Å². The van der Waals surface area contributed by atoms with Crippen LogP contribution < -0.4 is 5.32 Å². The maximum atomic E-state index is 12.4. The Morgan fingerprint density at radius 3 is 2.95 bits per heavy atom. The topological polar surface area (TPSA) is 78.9 Å². The molecule has 3 unspecified atom stereocenters. The first-order valence-corrected chi connectivity index (χ1v) is 8.78. The molecule has 1 saturated carbocycles. The van der Waals surface area contributed by atoms with Gasteiger partial charge >= 0.3 is 12.0 Å². The van der Waals surface area contributed by atoms with Crippen molar-refractivity contribution >= 4 is 23.8 Å². The highest BCUT2D eigenvalue weighted by Crippen LogP contribution is 2.27. The number of aliphatic carboxylic acids is 1. The molecule has 2 aliphatic rings. The Labute approximate surface area is 129 Å². The summed E-state index contributed by atoms with van der Waals surface area (Å²) in [5.74, 6) is -0.900. The number of nitrogens with one attached hydrogen (secondary N) is 1. The van der Waals surface area contributed by atoms with E-state index in [-0.39, 0.29) is 24.5 Å². The molecule has 2 N–H and O–H groups in total. The number of nitrogens with zero attached hydrogens (tertiary/aromatic N) is 1. The number of carbonyl (C=O) groups excluding carboxylic acids is 1. The highest BCUT2D eigenvalue weighted by atomic mass is 32.2. The van der Waals surface area contributed by atoms with Crippen LogP contribution in [0.4, 0.5) is 4.79 Å². The average Bonchev–Trinajstić information content (AvgIpc) is 2.47. The van der Waals surface area contributed by atoms with E-state index in [0.29, 0.717) is 25.0 Å². The zero-order chi connectivity index (χ0) is 15.2. The van der Waals surface area contributed by atoms with Crippen molar-refractivity contribution in [2.45, 2.75) is 49.4 Å². The number of carboxylic acids is 1.